The van der Waals surface area contributed by atoms with Crippen LogP contribution in [0.3, 0.4) is 0 Å². The van der Waals surface area contributed by atoms with Gasteiger partial charge in [0, 0.05) is 23.8 Å². The molecule has 5 unspecified atom stereocenters. The quantitative estimate of drug-likeness (QED) is 0.279. The minimum Gasteiger partial charge on any atom is -0.508 e. The number of fused-ring (bicyclic) bond motifs is 1. The van der Waals surface area contributed by atoms with Crippen molar-refractivity contribution in [2.75, 3.05) is 6.61 Å². The summed E-state index contributed by atoms with van der Waals surface area (Å²) in [6.07, 6.45) is -6.37. The molecule has 11 heteroatoms. The largest absolute Gasteiger partial charge is 0.508 e. The molecule has 0 radical (unpaired) electrons. The molecule has 0 aliphatic carbocycles. The Balaban J connectivity index is 1.65. The van der Waals surface area contributed by atoms with Gasteiger partial charge in [-0.05, 0) is 12.1 Å². The van der Waals surface area contributed by atoms with E-state index in [0.717, 1.165) is 24.5 Å². The van der Waals surface area contributed by atoms with Gasteiger partial charge in [-0.1, -0.05) is 0 Å². The summed E-state index contributed by atoms with van der Waals surface area (Å²) in [4.78, 5) is 12.8. The summed E-state index contributed by atoms with van der Waals surface area (Å²) >= 11 is 0. The van der Waals surface area contributed by atoms with Gasteiger partial charge in [0.05, 0.1) is 12.2 Å². The first-order chi connectivity index (χ1) is 15.2. The highest BCUT2D eigenvalue weighted by Gasteiger charge is 2.44. The Morgan fingerprint density at radius 3 is 2.34 bits per heavy atom. The van der Waals surface area contributed by atoms with E-state index >= 15 is 0 Å². The molecule has 1 saturated heterocycles. The molecule has 0 spiro atoms. The van der Waals surface area contributed by atoms with E-state index in [1.54, 1.807) is 0 Å². The number of ether oxygens (including phenoxy) is 2. The Morgan fingerprint density at radius 1 is 0.906 bits per heavy atom. The van der Waals surface area contributed by atoms with Crippen LogP contribution < -0.4 is 10.2 Å². The maximum absolute atomic E-state index is 12.8. The summed E-state index contributed by atoms with van der Waals surface area (Å²) in [5.41, 5.74) is -0.718. The molecule has 32 heavy (non-hydrogen) atoms. The summed E-state index contributed by atoms with van der Waals surface area (Å²) in [5.74, 6) is -1.19. The number of phenolic OH excluding ortho intramolecular Hbond substituents is 3. The van der Waals surface area contributed by atoms with Crippen molar-refractivity contribution in [3.05, 3.63) is 46.8 Å². The molecule has 11 nitrogen and oxygen atoms in total. The number of aromatic hydroxyl groups is 3. The second kappa shape index (κ2) is 8.30. The molecule has 4 rings (SSSR count). The van der Waals surface area contributed by atoms with Gasteiger partial charge in [0.1, 0.15) is 64.6 Å². The average Bonchev–Trinajstić information content (AvgIpc) is 2.74. The lowest BCUT2D eigenvalue weighted by molar-refractivity contribution is -0.277. The standard InChI is InChI=1S/C21H20O11/c22-6-15-18(27)19(28)20(29)21(32-15)31-9-1-2-10(12(24)5-9)11-7-30-14-4-8(23)3-13(25)16(14)17(11)26/h1-5,7,15,18-25,27-29H,6H2. The van der Waals surface area contributed by atoms with E-state index in [1.807, 2.05) is 0 Å². The maximum Gasteiger partial charge on any atom is 0.229 e. The van der Waals surface area contributed by atoms with Crippen molar-refractivity contribution < 1.29 is 49.6 Å². The van der Waals surface area contributed by atoms with Gasteiger partial charge in [-0.15, -0.1) is 0 Å². The van der Waals surface area contributed by atoms with Crippen LogP contribution in [-0.4, -0.2) is 73.1 Å². The fourth-order valence-corrected chi connectivity index (χ4v) is 3.52. The normalized spacial score (nSPS) is 25.7. The third-order valence-corrected chi connectivity index (χ3v) is 5.20. The van der Waals surface area contributed by atoms with Crippen LogP contribution in [0.2, 0.25) is 0 Å². The highest BCUT2D eigenvalue weighted by molar-refractivity contribution is 5.88. The molecule has 7 N–H and O–H groups in total. The second-order valence-corrected chi connectivity index (χ2v) is 7.31. The minimum atomic E-state index is -1.64. The third kappa shape index (κ3) is 3.72. The lowest BCUT2D eigenvalue weighted by Gasteiger charge is -2.39. The number of benzene rings is 2. The van der Waals surface area contributed by atoms with Crippen LogP contribution in [0.5, 0.6) is 23.0 Å². The van der Waals surface area contributed by atoms with Crippen LogP contribution >= 0.6 is 0 Å². The van der Waals surface area contributed by atoms with Gasteiger partial charge in [0.15, 0.2) is 0 Å². The summed E-state index contributed by atoms with van der Waals surface area (Å²) in [6, 6.07) is 5.94. The predicted octanol–water partition coefficient (Wildman–Crippen LogP) is -0.245. The van der Waals surface area contributed by atoms with Crippen LogP contribution in [0.1, 0.15) is 0 Å². The number of hydrogen-bond acceptors (Lipinski definition) is 11. The lowest BCUT2D eigenvalue weighted by Crippen LogP contribution is -2.60. The van der Waals surface area contributed by atoms with Crippen molar-refractivity contribution >= 4 is 11.0 Å². The molecule has 170 valence electrons. The summed E-state index contributed by atoms with van der Waals surface area (Å²) in [5, 5.41) is 68.8. The Bertz CT molecular complexity index is 1200. The molecule has 3 aromatic rings. The number of hydrogen-bond donors (Lipinski definition) is 7. The molecule has 2 aromatic carbocycles. The van der Waals surface area contributed by atoms with E-state index in [2.05, 4.69) is 0 Å². The third-order valence-electron chi connectivity index (χ3n) is 5.20. The molecular formula is C21H20O11. The average molecular weight is 448 g/mol. The van der Waals surface area contributed by atoms with Gasteiger partial charge in [-0.25, -0.2) is 0 Å². The zero-order valence-corrected chi connectivity index (χ0v) is 16.3. The lowest BCUT2D eigenvalue weighted by atomic mass is 9.99. The summed E-state index contributed by atoms with van der Waals surface area (Å²) in [7, 11) is 0. The van der Waals surface area contributed by atoms with Gasteiger partial charge in [-0.2, -0.15) is 0 Å². The highest BCUT2D eigenvalue weighted by Crippen LogP contribution is 2.35. The fraction of sp³-hybridized carbons (Fsp3) is 0.286. The van der Waals surface area contributed by atoms with Crippen LogP contribution in [0.25, 0.3) is 22.1 Å². The van der Waals surface area contributed by atoms with Crippen molar-refractivity contribution in [3.8, 4) is 34.1 Å². The highest BCUT2D eigenvalue weighted by atomic mass is 16.7. The molecule has 1 aliphatic heterocycles. The first-order valence-corrected chi connectivity index (χ1v) is 9.49. The van der Waals surface area contributed by atoms with E-state index in [-0.39, 0.29) is 33.6 Å². The molecular weight excluding hydrogens is 428 g/mol. The molecule has 1 fully saturated rings. The van der Waals surface area contributed by atoms with E-state index in [1.165, 1.54) is 12.1 Å². The number of aliphatic hydroxyl groups is 4. The second-order valence-electron chi connectivity index (χ2n) is 7.31. The number of phenols is 3. The Morgan fingerprint density at radius 2 is 1.66 bits per heavy atom. The SMILES string of the molecule is O=c1c(-c2ccc(OC3OC(CO)C(O)C(O)C3O)cc2O)coc2cc(O)cc(O)c12. The van der Waals surface area contributed by atoms with Gasteiger partial charge in [0.2, 0.25) is 11.7 Å². The maximum atomic E-state index is 12.8. The van der Waals surface area contributed by atoms with Crippen LogP contribution in [0.4, 0.5) is 0 Å². The zero-order chi connectivity index (χ0) is 23.2. The number of aliphatic hydroxyl groups excluding tert-OH is 4. The topological polar surface area (TPSA) is 190 Å². The zero-order valence-electron chi connectivity index (χ0n) is 16.3. The van der Waals surface area contributed by atoms with E-state index < -0.39 is 54.2 Å². The predicted molar refractivity (Wildman–Crippen MR) is 107 cm³/mol. The van der Waals surface area contributed by atoms with Crippen molar-refractivity contribution in [1.29, 1.82) is 0 Å². The molecule has 1 aliphatic rings. The first kappa shape index (κ1) is 21.9. The van der Waals surface area contributed by atoms with Crippen molar-refractivity contribution in [3.63, 3.8) is 0 Å². The van der Waals surface area contributed by atoms with E-state index in [0.29, 0.717) is 0 Å². The fourth-order valence-electron chi connectivity index (χ4n) is 3.52. The summed E-state index contributed by atoms with van der Waals surface area (Å²) < 4.78 is 16.0. The monoisotopic (exact) mass is 448 g/mol. The van der Waals surface area contributed by atoms with Gasteiger partial charge >= 0.3 is 0 Å². The minimum absolute atomic E-state index is 0.00599. The number of rotatable bonds is 4. The van der Waals surface area contributed by atoms with Crippen molar-refractivity contribution in [2.45, 2.75) is 30.7 Å². The smallest absolute Gasteiger partial charge is 0.229 e. The molecule has 0 amide bonds. The Kier molecular flexibility index (Phi) is 5.67. The summed E-state index contributed by atoms with van der Waals surface area (Å²) in [6.45, 7) is -0.628. The van der Waals surface area contributed by atoms with Crippen LogP contribution in [0.15, 0.2) is 45.8 Å². The molecule has 0 bridgehead atoms. The van der Waals surface area contributed by atoms with Crippen LogP contribution in [-0.2, 0) is 4.74 Å². The van der Waals surface area contributed by atoms with Gasteiger partial charge in [0.25, 0.3) is 0 Å². The Hall–Kier alpha value is -3.35. The van der Waals surface area contributed by atoms with Crippen molar-refractivity contribution in [1.82, 2.24) is 0 Å². The van der Waals surface area contributed by atoms with E-state index in [9.17, 15) is 40.5 Å². The Labute approximate surface area is 179 Å². The first-order valence-electron chi connectivity index (χ1n) is 9.49. The van der Waals surface area contributed by atoms with Crippen LogP contribution in [0, 0.1) is 0 Å². The molecule has 5 atom stereocenters. The molecule has 2 heterocycles. The van der Waals surface area contributed by atoms with Gasteiger partial charge in [-0.3, -0.25) is 4.79 Å². The van der Waals surface area contributed by atoms with Gasteiger partial charge < -0.3 is 49.6 Å². The molecule has 1 aromatic heterocycles. The molecule has 0 saturated carbocycles. The van der Waals surface area contributed by atoms with Crippen molar-refractivity contribution in [2.24, 2.45) is 0 Å². The van der Waals surface area contributed by atoms with E-state index in [4.69, 9.17) is 13.9 Å².